The van der Waals surface area contributed by atoms with Gasteiger partial charge in [0, 0.05) is 11.7 Å². The number of hydrogen-bond donors (Lipinski definition) is 1. The third-order valence-corrected chi connectivity index (χ3v) is 4.13. The average Bonchev–Trinajstić information content (AvgIpc) is 2.50. The summed E-state index contributed by atoms with van der Waals surface area (Å²) in [5.41, 5.74) is 10.8. The van der Waals surface area contributed by atoms with Crippen molar-refractivity contribution >= 4 is 17.1 Å². The van der Waals surface area contributed by atoms with Crippen LogP contribution in [-0.2, 0) is 6.42 Å². The molecule has 0 saturated heterocycles. The van der Waals surface area contributed by atoms with Crippen LogP contribution in [0.5, 0.6) is 5.75 Å². The molecule has 0 aliphatic carbocycles. The highest BCUT2D eigenvalue weighted by atomic mass is 16.5. The van der Waals surface area contributed by atoms with E-state index in [2.05, 4.69) is 42.2 Å². The molecule has 0 amide bonds. The molecule has 2 N–H and O–H groups in total. The van der Waals surface area contributed by atoms with Crippen molar-refractivity contribution in [2.75, 3.05) is 17.2 Å². The van der Waals surface area contributed by atoms with E-state index in [1.807, 2.05) is 19.1 Å². The summed E-state index contributed by atoms with van der Waals surface area (Å²) in [7, 11) is 0. The lowest BCUT2D eigenvalue weighted by molar-refractivity contribution is 0.342. The number of ether oxygens (including phenoxy) is 1. The van der Waals surface area contributed by atoms with Gasteiger partial charge in [-0.3, -0.25) is 0 Å². The maximum absolute atomic E-state index is 6.35. The van der Waals surface area contributed by atoms with Crippen LogP contribution in [0.3, 0.4) is 0 Å². The van der Waals surface area contributed by atoms with Gasteiger partial charge in [0.25, 0.3) is 0 Å². The standard InChI is InChI=1S/C18H22N2O/c1-3-21-17-10-6-9-16(18(17)19)20-13(2)11-12-14-7-4-5-8-15(14)20/h4-10,13H,3,11-12,19H2,1-2H3. The molecule has 0 spiro atoms. The second-order valence-corrected chi connectivity index (χ2v) is 5.51. The first-order chi connectivity index (χ1) is 10.2. The van der Waals surface area contributed by atoms with Gasteiger partial charge in [0.05, 0.1) is 18.0 Å². The van der Waals surface area contributed by atoms with Crippen LogP contribution < -0.4 is 15.4 Å². The molecule has 2 aromatic carbocycles. The van der Waals surface area contributed by atoms with Crippen molar-refractivity contribution in [1.82, 2.24) is 0 Å². The lowest BCUT2D eigenvalue weighted by atomic mass is 9.95. The van der Waals surface area contributed by atoms with Gasteiger partial charge in [-0.15, -0.1) is 0 Å². The summed E-state index contributed by atoms with van der Waals surface area (Å²) in [6.45, 7) is 4.85. The maximum Gasteiger partial charge on any atom is 0.144 e. The van der Waals surface area contributed by atoms with E-state index in [-0.39, 0.29) is 0 Å². The van der Waals surface area contributed by atoms with Crippen molar-refractivity contribution in [2.45, 2.75) is 32.7 Å². The van der Waals surface area contributed by atoms with E-state index < -0.39 is 0 Å². The van der Waals surface area contributed by atoms with E-state index in [0.717, 1.165) is 30.0 Å². The molecular formula is C18H22N2O. The summed E-state index contributed by atoms with van der Waals surface area (Å²) in [5, 5.41) is 0. The van der Waals surface area contributed by atoms with Crippen LogP contribution >= 0.6 is 0 Å². The second-order valence-electron chi connectivity index (χ2n) is 5.51. The lowest BCUT2D eigenvalue weighted by Gasteiger charge is -2.38. The predicted octanol–water partition coefficient (Wildman–Crippen LogP) is 4.14. The highest BCUT2D eigenvalue weighted by Crippen LogP contribution is 2.42. The van der Waals surface area contributed by atoms with Crippen molar-refractivity contribution in [1.29, 1.82) is 0 Å². The Kier molecular flexibility index (Phi) is 3.74. The fourth-order valence-electron chi connectivity index (χ4n) is 3.08. The Hall–Kier alpha value is -2.16. The molecule has 1 aliphatic heterocycles. The topological polar surface area (TPSA) is 38.5 Å². The van der Waals surface area contributed by atoms with E-state index >= 15 is 0 Å². The molecule has 1 unspecified atom stereocenters. The van der Waals surface area contributed by atoms with Crippen LogP contribution in [0, 0.1) is 0 Å². The fraction of sp³-hybridized carbons (Fsp3) is 0.333. The number of nitrogens with zero attached hydrogens (tertiary/aromatic N) is 1. The zero-order chi connectivity index (χ0) is 14.8. The Labute approximate surface area is 126 Å². The van der Waals surface area contributed by atoms with E-state index in [1.165, 1.54) is 11.3 Å². The Bertz CT molecular complexity index is 639. The molecule has 0 aromatic heterocycles. The first-order valence-electron chi connectivity index (χ1n) is 7.60. The summed E-state index contributed by atoms with van der Waals surface area (Å²) < 4.78 is 5.64. The quantitative estimate of drug-likeness (QED) is 0.860. The summed E-state index contributed by atoms with van der Waals surface area (Å²) in [6.07, 6.45) is 2.26. The van der Waals surface area contributed by atoms with Crippen LogP contribution in [0.4, 0.5) is 17.1 Å². The Morgan fingerprint density at radius 2 is 1.90 bits per heavy atom. The first kappa shape index (κ1) is 13.8. The zero-order valence-electron chi connectivity index (χ0n) is 12.7. The van der Waals surface area contributed by atoms with E-state index in [1.54, 1.807) is 0 Å². The van der Waals surface area contributed by atoms with Crippen LogP contribution in [0.2, 0.25) is 0 Å². The molecule has 3 nitrogen and oxygen atoms in total. The molecule has 3 heteroatoms. The molecule has 0 saturated carbocycles. The van der Waals surface area contributed by atoms with E-state index in [9.17, 15) is 0 Å². The van der Waals surface area contributed by atoms with Crippen LogP contribution in [0.1, 0.15) is 25.8 Å². The number of nitrogens with two attached hydrogens (primary N) is 1. The Morgan fingerprint density at radius 1 is 1.14 bits per heavy atom. The Morgan fingerprint density at radius 3 is 2.71 bits per heavy atom. The minimum atomic E-state index is 0.430. The van der Waals surface area contributed by atoms with E-state index in [4.69, 9.17) is 10.5 Å². The first-order valence-corrected chi connectivity index (χ1v) is 7.60. The average molecular weight is 282 g/mol. The van der Waals surface area contributed by atoms with Crippen molar-refractivity contribution in [3.05, 3.63) is 48.0 Å². The number of fused-ring (bicyclic) bond motifs is 1. The Balaban J connectivity index is 2.09. The SMILES string of the molecule is CCOc1cccc(N2c3ccccc3CCC2C)c1N. The van der Waals surface area contributed by atoms with Gasteiger partial charge in [-0.25, -0.2) is 0 Å². The van der Waals surface area contributed by atoms with Crippen molar-refractivity contribution in [2.24, 2.45) is 0 Å². The van der Waals surface area contributed by atoms with Crippen LogP contribution in [0.25, 0.3) is 0 Å². The monoisotopic (exact) mass is 282 g/mol. The van der Waals surface area contributed by atoms with Gasteiger partial charge in [-0.1, -0.05) is 24.3 Å². The van der Waals surface area contributed by atoms with Gasteiger partial charge in [-0.2, -0.15) is 0 Å². The number of anilines is 3. The number of rotatable bonds is 3. The lowest BCUT2D eigenvalue weighted by Crippen LogP contribution is -2.33. The number of para-hydroxylation sites is 2. The van der Waals surface area contributed by atoms with Gasteiger partial charge >= 0.3 is 0 Å². The van der Waals surface area contributed by atoms with Crippen molar-refractivity contribution in [3.63, 3.8) is 0 Å². The summed E-state index contributed by atoms with van der Waals surface area (Å²) in [5.74, 6) is 0.769. The predicted molar refractivity (Wildman–Crippen MR) is 88.4 cm³/mol. The van der Waals surface area contributed by atoms with Gasteiger partial charge in [0.1, 0.15) is 5.75 Å². The maximum atomic E-state index is 6.35. The third-order valence-electron chi connectivity index (χ3n) is 4.13. The molecule has 0 fully saturated rings. The molecular weight excluding hydrogens is 260 g/mol. The van der Waals surface area contributed by atoms with Crippen LogP contribution in [-0.4, -0.2) is 12.6 Å². The minimum absolute atomic E-state index is 0.430. The summed E-state index contributed by atoms with van der Waals surface area (Å²) in [4.78, 5) is 2.34. The number of aryl methyl sites for hydroxylation is 1. The molecule has 0 bridgehead atoms. The molecule has 1 heterocycles. The smallest absolute Gasteiger partial charge is 0.144 e. The third kappa shape index (κ3) is 2.44. The molecule has 1 atom stereocenters. The second kappa shape index (κ2) is 5.68. The highest BCUT2D eigenvalue weighted by Gasteiger charge is 2.26. The van der Waals surface area contributed by atoms with Crippen LogP contribution in [0.15, 0.2) is 42.5 Å². The number of hydrogen-bond acceptors (Lipinski definition) is 3. The van der Waals surface area contributed by atoms with Crippen molar-refractivity contribution in [3.8, 4) is 5.75 Å². The molecule has 0 radical (unpaired) electrons. The summed E-state index contributed by atoms with van der Waals surface area (Å²) >= 11 is 0. The van der Waals surface area contributed by atoms with E-state index in [0.29, 0.717) is 12.6 Å². The van der Waals surface area contributed by atoms with Gasteiger partial charge in [-0.05, 0) is 50.5 Å². The molecule has 3 rings (SSSR count). The normalized spacial score (nSPS) is 17.4. The number of benzene rings is 2. The molecule has 2 aromatic rings. The largest absolute Gasteiger partial charge is 0.492 e. The minimum Gasteiger partial charge on any atom is -0.492 e. The zero-order valence-corrected chi connectivity index (χ0v) is 12.7. The van der Waals surface area contributed by atoms with Gasteiger partial charge in [0.15, 0.2) is 0 Å². The van der Waals surface area contributed by atoms with Gasteiger partial charge < -0.3 is 15.4 Å². The van der Waals surface area contributed by atoms with Gasteiger partial charge in [0.2, 0.25) is 0 Å². The summed E-state index contributed by atoms with van der Waals surface area (Å²) in [6, 6.07) is 15.0. The highest BCUT2D eigenvalue weighted by molar-refractivity contribution is 5.81. The van der Waals surface area contributed by atoms with Crippen molar-refractivity contribution < 1.29 is 4.74 Å². The molecule has 21 heavy (non-hydrogen) atoms. The molecule has 1 aliphatic rings. The number of nitrogen functional groups attached to an aromatic ring is 1. The molecule has 110 valence electrons. The fourth-order valence-corrected chi connectivity index (χ4v) is 3.08.